The van der Waals surface area contributed by atoms with E-state index in [1.807, 2.05) is 18.2 Å². The van der Waals surface area contributed by atoms with Crippen molar-refractivity contribution in [1.82, 2.24) is 4.90 Å². The Labute approximate surface area is 126 Å². The number of nitrogens with zero attached hydrogens (tertiary/aromatic N) is 1. The lowest BCUT2D eigenvalue weighted by Gasteiger charge is -2.39. The first-order chi connectivity index (χ1) is 9.97. The SMILES string of the molecule is COc1cc(CN2CCCC(C)(OC)C2)ccc1C(=N)N. The Hall–Kier alpha value is -1.59. The van der Waals surface area contributed by atoms with Crippen molar-refractivity contribution in [3.63, 3.8) is 0 Å². The predicted molar refractivity (Wildman–Crippen MR) is 83.9 cm³/mol. The fourth-order valence-corrected chi connectivity index (χ4v) is 2.92. The van der Waals surface area contributed by atoms with Crippen molar-refractivity contribution in [2.24, 2.45) is 5.73 Å². The highest BCUT2D eigenvalue weighted by Gasteiger charge is 2.30. The Morgan fingerprint density at radius 2 is 2.19 bits per heavy atom. The van der Waals surface area contributed by atoms with Crippen molar-refractivity contribution in [2.75, 3.05) is 27.3 Å². The first kappa shape index (κ1) is 15.8. The van der Waals surface area contributed by atoms with Gasteiger partial charge in [0.15, 0.2) is 0 Å². The van der Waals surface area contributed by atoms with Crippen LogP contribution in [0.15, 0.2) is 18.2 Å². The maximum atomic E-state index is 7.55. The van der Waals surface area contributed by atoms with Gasteiger partial charge in [-0.15, -0.1) is 0 Å². The molecular weight excluding hydrogens is 266 g/mol. The fourth-order valence-electron chi connectivity index (χ4n) is 2.92. The minimum atomic E-state index is -0.0539. The van der Waals surface area contributed by atoms with Crippen molar-refractivity contribution in [1.29, 1.82) is 5.41 Å². The molecule has 0 spiro atoms. The molecule has 0 radical (unpaired) electrons. The number of benzene rings is 1. The molecule has 1 aromatic carbocycles. The van der Waals surface area contributed by atoms with Gasteiger partial charge in [-0.05, 0) is 44.0 Å². The van der Waals surface area contributed by atoms with Gasteiger partial charge in [0.2, 0.25) is 0 Å². The zero-order valence-corrected chi connectivity index (χ0v) is 13.1. The number of rotatable bonds is 5. The highest BCUT2D eigenvalue weighted by Crippen LogP contribution is 2.26. The first-order valence-corrected chi connectivity index (χ1v) is 7.26. The number of nitrogens with two attached hydrogens (primary N) is 1. The van der Waals surface area contributed by atoms with Crippen LogP contribution in [-0.4, -0.2) is 43.6 Å². The third kappa shape index (κ3) is 3.74. The summed E-state index contributed by atoms with van der Waals surface area (Å²) in [5.41, 5.74) is 7.30. The van der Waals surface area contributed by atoms with E-state index in [1.54, 1.807) is 14.2 Å². The standard InChI is InChI=1S/C16H25N3O2/c1-16(21-3)7-4-8-19(11-16)10-12-5-6-13(15(17)18)14(9-12)20-2/h5-6,9H,4,7-8,10-11H2,1-3H3,(H3,17,18). The topological polar surface area (TPSA) is 71.6 Å². The maximum absolute atomic E-state index is 7.55. The number of hydrogen-bond acceptors (Lipinski definition) is 4. The van der Waals surface area contributed by atoms with Crippen molar-refractivity contribution < 1.29 is 9.47 Å². The van der Waals surface area contributed by atoms with E-state index in [0.29, 0.717) is 11.3 Å². The smallest absolute Gasteiger partial charge is 0.130 e. The molecule has 0 bridgehead atoms. The summed E-state index contributed by atoms with van der Waals surface area (Å²) in [6, 6.07) is 5.84. The summed E-state index contributed by atoms with van der Waals surface area (Å²) in [4.78, 5) is 2.40. The van der Waals surface area contributed by atoms with E-state index in [0.717, 1.165) is 38.0 Å². The van der Waals surface area contributed by atoms with Gasteiger partial charge in [0, 0.05) is 20.2 Å². The molecule has 5 heteroatoms. The van der Waals surface area contributed by atoms with E-state index >= 15 is 0 Å². The molecule has 116 valence electrons. The molecule has 1 saturated heterocycles. The lowest BCUT2D eigenvalue weighted by molar-refractivity contribution is -0.0527. The monoisotopic (exact) mass is 291 g/mol. The number of hydrogen-bond donors (Lipinski definition) is 2. The summed E-state index contributed by atoms with van der Waals surface area (Å²) < 4.78 is 11.0. The second-order valence-corrected chi connectivity index (χ2v) is 5.92. The zero-order chi connectivity index (χ0) is 15.5. The number of methoxy groups -OCH3 is 2. The average molecular weight is 291 g/mol. The average Bonchev–Trinajstić information content (AvgIpc) is 2.47. The van der Waals surface area contributed by atoms with Gasteiger partial charge < -0.3 is 15.2 Å². The Morgan fingerprint density at radius 3 is 2.81 bits per heavy atom. The molecule has 2 rings (SSSR count). The van der Waals surface area contributed by atoms with Gasteiger partial charge in [-0.3, -0.25) is 10.3 Å². The molecule has 1 aromatic rings. The number of piperidine rings is 1. The Morgan fingerprint density at radius 1 is 1.43 bits per heavy atom. The normalized spacial score (nSPS) is 23.0. The van der Waals surface area contributed by atoms with Gasteiger partial charge in [-0.2, -0.15) is 0 Å². The number of likely N-dealkylation sites (tertiary alicyclic amines) is 1. The van der Waals surface area contributed by atoms with Gasteiger partial charge >= 0.3 is 0 Å². The van der Waals surface area contributed by atoms with Gasteiger partial charge in [-0.25, -0.2) is 0 Å². The molecule has 1 aliphatic heterocycles. The van der Waals surface area contributed by atoms with Crippen LogP contribution in [0.4, 0.5) is 0 Å². The lowest BCUT2D eigenvalue weighted by Crippen LogP contribution is -2.46. The quantitative estimate of drug-likeness (QED) is 0.643. The van der Waals surface area contributed by atoms with Crippen LogP contribution >= 0.6 is 0 Å². The summed E-state index contributed by atoms with van der Waals surface area (Å²) in [7, 11) is 3.39. The number of ether oxygens (including phenoxy) is 2. The van der Waals surface area contributed by atoms with Crippen LogP contribution in [0.1, 0.15) is 30.9 Å². The molecule has 1 atom stereocenters. The summed E-state index contributed by atoms with van der Waals surface area (Å²) >= 11 is 0. The Balaban J connectivity index is 2.11. The number of nitrogen functional groups attached to an aromatic ring is 1. The molecule has 0 saturated carbocycles. The summed E-state index contributed by atoms with van der Waals surface area (Å²) in [5, 5.41) is 7.55. The minimum absolute atomic E-state index is 0.0309. The molecule has 0 amide bonds. The Bertz CT molecular complexity index is 518. The van der Waals surface area contributed by atoms with Gasteiger partial charge in [0.1, 0.15) is 11.6 Å². The highest BCUT2D eigenvalue weighted by atomic mass is 16.5. The lowest BCUT2D eigenvalue weighted by atomic mass is 9.94. The molecule has 0 aromatic heterocycles. The van der Waals surface area contributed by atoms with E-state index in [1.165, 1.54) is 0 Å². The third-order valence-corrected chi connectivity index (χ3v) is 4.19. The largest absolute Gasteiger partial charge is 0.496 e. The molecule has 1 fully saturated rings. The molecule has 0 aliphatic carbocycles. The minimum Gasteiger partial charge on any atom is -0.496 e. The third-order valence-electron chi connectivity index (χ3n) is 4.19. The van der Waals surface area contributed by atoms with Crippen LogP contribution in [0, 0.1) is 5.41 Å². The first-order valence-electron chi connectivity index (χ1n) is 7.26. The molecule has 1 aliphatic rings. The van der Waals surface area contributed by atoms with Gasteiger partial charge in [-0.1, -0.05) is 6.07 Å². The second kappa shape index (κ2) is 6.45. The highest BCUT2D eigenvalue weighted by molar-refractivity contribution is 5.97. The number of nitrogens with one attached hydrogen (secondary N) is 1. The molecular formula is C16H25N3O2. The predicted octanol–water partition coefficient (Wildman–Crippen LogP) is 1.98. The van der Waals surface area contributed by atoms with E-state index in [9.17, 15) is 0 Å². The summed E-state index contributed by atoms with van der Waals surface area (Å²) in [6.45, 7) is 5.03. The van der Waals surface area contributed by atoms with Crippen LogP contribution in [0.25, 0.3) is 0 Å². The van der Waals surface area contributed by atoms with Crippen LogP contribution in [0.2, 0.25) is 0 Å². The van der Waals surface area contributed by atoms with Crippen LogP contribution < -0.4 is 10.5 Å². The Kier molecular flexibility index (Phi) is 4.85. The van der Waals surface area contributed by atoms with Crippen LogP contribution in [-0.2, 0) is 11.3 Å². The molecule has 5 nitrogen and oxygen atoms in total. The second-order valence-electron chi connectivity index (χ2n) is 5.92. The molecule has 3 N–H and O–H groups in total. The van der Waals surface area contributed by atoms with Crippen LogP contribution in [0.3, 0.4) is 0 Å². The van der Waals surface area contributed by atoms with E-state index in [4.69, 9.17) is 20.6 Å². The maximum Gasteiger partial charge on any atom is 0.130 e. The van der Waals surface area contributed by atoms with Crippen molar-refractivity contribution in [2.45, 2.75) is 31.9 Å². The summed E-state index contributed by atoms with van der Waals surface area (Å²) in [5.74, 6) is 0.690. The van der Waals surface area contributed by atoms with E-state index < -0.39 is 0 Å². The number of amidine groups is 1. The molecule has 1 heterocycles. The van der Waals surface area contributed by atoms with Crippen molar-refractivity contribution in [3.05, 3.63) is 29.3 Å². The van der Waals surface area contributed by atoms with Gasteiger partial charge in [0.05, 0.1) is 18.3 Å². The van der Waals surface area contributed by atoms with Crippen molar-refractivity contribution >= 4 is 5.84 Å². The fraction of sp³-hybridized carbons (Fsp3) is 0.562. The molecule has 21 heavy (non-hydrogen) atoms. The summed E-state index contributed by atoms with van der Waals surface area (Å²) in [6.07, 6.45) is 2.25. The van der Waals surface area contributed by atoms with Gasteiger partial charge in [0.25, 0.3) is 0 Å². The van der Waals surface area contributed by atoms with Crippen LogP contribution in [0.5, 0.6) is 5.75 Å². The van der Waals surface area contributed by atoms with E-state index in [-0.39, 0.29) is 11.4 Å². The zero-order valence-electron chi connectivity index (χ0n) is 13.1. The molecule has 1 unspecified atom stereocenters. The van der Waals surface area contributed by atoms with Crippen molar-refractivity contribution in [3.8, 4) is 5.75 Å². The van der Waals surface area contributed by atoms with E-state index in [2.05, 4.69) is 11.8 Å².